The number of rotatable bonds is 13. The van der Waals surface area contributed by atoms with Gasteiger partial charge in [0.15, 0.2) is 11.6 Å². The highest BCUT2D eigenvalue weighted by Crippen LogP contribution is 2.33. The standard InChI is InChI=1S/C71H81F2N11O14S2/c1-39(98-3)63-68(95)78-35-51(86)26-45(25-46-33-76-54-14-10-48(72)29-52(46)54)66(93)80-57(27-47-34-77-55-15-11-49(73)30-53(47)55)67(94)79-56(31-62(89)90)60(87)28-44(23-41-16-19-75-32-41)65(92)81-58(24-40-8-12-50(85)13-9-40)69(96)84-20-5-18-71(84,2)70(97)82-59(64(74)91)38-100-37-43-7-4-6-42(22-43)36-99-21-17-61(88)83-63/h4,6-15,19,22,29-30,32-34,39,44-45,56-59,63,76-77,85H,5,16-18,20-21,23-28,31,35-38H2,1-3H3,(H2,74,91)(H,78,95)(H,79,94)(H,80,93)(H,81,92)(H,82,97)(H,83,88)(H,89,90)/t39-,44-,45-,56+,57+,58+,59+,63+,71+/m1/s1. The Labute approximate surface area is 583 Å². The van der Waals surface area contributed by atoms with Crippen LogP contribution in [0.4, 0.5) is 8.78 Å². The van der Waals surface area contributed by atoms with E-state index in [-0.39, 0.29) is 67.5 Å². The third-order valence-corrected chi connectivity index (χ3v) is 20.3. The van der Waals surface area contributed by atoms with E-state index in [1.54, 1.807) is 20.1 Å². The van der Waals surface area contributed by atoms with Crippen LogP contribution in [0.15, 0.2) is 114 Å². The molecule has 1 saturated heterocycles. The third-order valence-electron chi connectivity index (χ3n) is 18.2. The number of aromatic nitrogens is 2. The number of ketones is 2. The molecule has 9 rings (SSSR count). The van der Waals surface area contributed by atoms with Gasteiger partial charge in [-0.2, -0.15) is 23.5 Å². The monoisotopic (exact) mass is 1410 g/mol. The molecule has 0 radical (unpaired) electrons. The zero-order chi connectivity index (χ0) is 71.8. The maximum Gasteiger partial charge on any atom is 0.305 e. The van der Waals surface area contributed by atoms with Crippen LogP contribution < -0.4 is 37.6 Å². The van der Waals surface area contributed by atoms with Gasteiger partial charge < -0.3 is 67.5 Å². The number of Topliss-reactive ketones (excluding diaryl/α,β-unsaturated/α-hetero) is 2. The van der Waals surface area contributed by atoms with E-state index in [2.05, 4.69) is 46.9 Å². The normalized spacial score (nSPS) is 23.9. The van der Waals surface area contributed by atoms with Crippen LogP contribution in [0.25, 0.3) is 21.8 Å². The van der Waals surface area contributed by atoms with Crippen LogP contribution in [0, 0.1) is 23.5 Å². The number of benzene rings is 4. The van der Waals surface area contributed by atoms with Crippen molar-refractivity contribution < 1.29 is 76.5 Å². The summed E-state index contributed by atoms with van der Waals surface area (Å²) in [5.74, 6) is -12.5. The smallest absolute Gasteiger partial charge is 0.305 e. The molecule has 0 saturated carbocycles. The number of nitrogens with one attached hydrogen (secondary N) is 8. The number of amides is 8. The Bertz CT molecular complexity index is 4130. The van der Waals surface area contributed by atoms with Crippen LogP contribution in [0.2, 0.25) is 0 Å². The molecule has 1 fully saturated rings. The summed E-state index contributed by atoms with van der Waals surface area (Å²) < 4.78 is 35.3. The first-order valence-electron chi connectivity index (χ1n) is 32.7. The number of carboxylic acids is 1. The molecule has 5 heterocycles. The highest BCUT2D eigenvalue weighted by Gasteiger charge is 2.49. The van der Waals surface area contributed by atoms with Gasteiger partial charge in [0.25, 0.3) is 0 Å². The lowest BCUT2D eigenvalue weighted by Crippen LogP contribution is -2.62. The second kappa shape index (κ2) is 34.4. The number of carbonyl (C=O) groups excluding carboxylic acids is 10. The van der Waals surface area contributed by atoms with Gasteiger partial charge in [-0.25, -0.2) is 8.78 Å². The minimum atomic E-state index is -1.90. The quantitative estimate of drug-likeness (QED) is 0.0721. The number of nitrogens with zero attached hydrogens (tertiary/aromatic N) is 2. The fourth-order valence-electron chi connectivity index (χ4n) is 12.5. The third kappa shape index (κ3) is 19.8. The number of aromatic hydroxyl groups is 1. The first kappa shape index (κ1) is 74.5. The van der Waals surface area contributed by atoms with Crippen molar-refractivity contribution in [3.05, 3.63) is 149 Å². The van der Waals surface area contributed by atoms with Gasteiger partial charge in [0.05, 0.1) is 25.1 Å². The van der Waals surface area contributed by atoms with Crippen molar-refractivity contribution in [1.82, 2.24) is 46.8 Å². The largest absolute Gasteiger partial charge is 0.508 e. The van der Waals surface area contributed by atoms with Crippen molar-refractivity contribution in [2.75, 3.05) is 31.7 Å². The number of thioether (sulfide) groups is 2. The molecule has 2 bridgehead atoms. The minimum absolute atomic E-state index is 0.0159. The number of hydrogen-bond acceptors (Lipinski definition) is 16. The van der Waals surface area contributed by atoms with Crippen LogP contribution in [-0.2, 0) is 88.2 Å². The summed E-state index contributed by atoms with van der Waals surface area (Å²) in [6.07, 6.45) is 2.41. The topological polar surface area (TPSA) is 383 Å². The van der Waals surface area contributed by atoms with Crippen molar-refractivity contribution in [2.45, 2.75) is 138 Å². The molecule has 29 heteroatoms. The average Bonchev–Trinajstić information content (AvgIpc) is 1.58. The lowest BCUT2D eigenvalue weighted by Gasteiger charge is -2.37. The number of aliphatic imine (C=N–C) groups is 1. The number of ether oxygens (including phenoxy) is 1. The molecule has 100 heavy (non-hydrogen) atoms. The zero-order valence-corrected chi connectivity index (χ0v) is 57.0. The number of allylic oxidation sites excluding steroid dienone is 1. The number of aliphatic carboxylic acids is 1. The second-order valence-corrected chi connectivity index (χ2v) is 27.7. The van der Waals surface area contributed by atoms with Gasteiger partial charge >= 0.3 is 5.97 Å². The Balaban J connectivity index is 1.06. The molecule has 4 aromatic carbocycles. The van der Waals surface area contributed by atoms with E-state index in [0.29, 0.717) is 56.8 Å². The Morgan fingerprint density at radius 3 is 2.00 bits per heavy atom. The van der Waals surface area contributed by atoms with Crippen molar-refractivity contribution in [2.24, 2.45) is 22.6 Å². The number of fused-ring (bicyclic) bond motifs is 5. The predicted molar refractivity (Wildman–Crippen MR) is 371 cm³/mol. The number of carboxylic acid groups (broad SMARTS) is 1. The van der Waals surface area contributed by atoms with Gasteiger partial charge in [-0.3, -0.25) is 57.7 Å². The number of H-pyrrole nitrogens is 2. The summed E-state index contributed by atoms with van der Waals surface area (Å²) >= 11 is 2.79. The molecule has 0 aliphatic carbocycles. The fourth-order valence-corrected chi connectivity index (χ4v) is 14.4. The number of phenols is 1. The van der Waals surface area contributed by atoms with E-state index in [0.717, 1.165) is 11.1 Å². The molecule has 3 aliphatic rings. The van der Waals surface area contributed by atoms with E-state index in [1.165, 1.54) is 115 Å². The van der Waals surface area contributed by atoms with Crippen LogP contribution in [-0.4, -0.2) is 170 Å². The maximum atomic E-state index is 15.2. The van der Waals surface area contributed by atoms with Gasteiger partial charge in [0, 0.05) is 134 Å². The molecule has 6 aromatic rings. The number of phenolic OH excluding ortho intramolecular Hbond substituents is 1. The van der Waals surface area contributed by atoms with E-state index >= 15 is 19.2 Å². The van der Waals surface area contributed by atoms with Crippen molar-refractivity contribution in [1.29, 1.82) is 0 Å². The van der Waals surface area contributed by atoms with Crippen LogP contribution >= 0.6 is 23.5 Å². The minimum Gasteiger partial charge on any atom is -0.508 e. The number of methoxy groups -OCH3 is 1. The van der Waals surface area contributed by atoms with Gasteiger partial charge in [-0.15, -0.1) is 0 Å². The Hall–Kier alpha value is -9.74. The highest BCUT2D eigenvalue weighted by molar-refractivity contribution is 7.98. The molecule has 25 nitrogen and oxygen atoms in total. The summed E-state index contributed by atoms with van der Waals surface area (Å²) in [6, 6.07) is 13.7. The number of halogens is 2. The molecule has 8 amide bonds. The van der Waals surface area contributed by atoms with Crippen LogP contribution in [0.1, 0.15) is 93.0 Å². The molecule has 530 valence electrons. The number of aromatic amines is 2. The summed E-state index contributed by atoms with van der Waals surface area (Å²) in [4.78, 5) is 169. The van der Waals surface area contributed by atoms with E-state index < -0.39 is 162 Å². The summed E-state index contributed by atoms with van der Waals surface area (Å²) in [5, 5.41) is 37.3. The van der Waals surface area contributed by atoms with E-state index in [1.807, 2.05) is 24.3 Å². The second-order valence-electron chi connectivity index (χ2n) is 25.5. The molecule has 0 spiro atoms. The van der Waals surface area contributed by atoms with Gasteiger partial charge in [0.2, 0.25) is 47.3 Å². The van der Waals surface area contributed by atoms with E-state index in [9.17, 15) is 52.6 Å². The highest BCUT2D eigenvalue weighted by atomic mass is 32.2. The number of primary amides is 1. The van der Waals surface area contributed by atoms with Crippen molar-refractivity contribution in [3.63, 3.8) is 0 Å². The lowest BCUT2D eigenvalue weighted by atomic mass is 9.89. The SMILES string of the molecule is CO[C@H](C)[C@@H]1NC(=O)CCSCc2cccc(c2)CSC[C@@H](C(N)=O)NC(=O)[C@]2(C)CCCN2C(=O)[C@H](Cc2ccc(O)cc2)NC(=O)[C@H](CC2=CN=CC2)CC(=O)[C@H](CC(=O)O)NC(=O)[C@H](Cc2c[nH]c3ccc(F)cc23)NC(=O)[C@H](Cc2c[nH]c3ccc(F)cc23)CC(=O)CNC1=O. The molecule has 3 aliphatic heterocycles. The van der Waals surface area contributed by atoms with Gasteiger partial charge in [0.1, 0.15) is 47.1 Å². The number of carbonyl (C=O) groups is 11. The first-order valence-corrected chi connectivity index (χ1v) is 35.1. The van der Waals surface area contributed by atoms with E-state index in [4.69, 9.17) is 10.5 Å². The van der Waals surface area contributed by atoms with Crippen LogP contribution in [0.3, 0.4) is 0 Å². The number of hydrogen-bond donors (Lipinski definition) is 11. The molecule has 9 atom stereocenters. The first-order chi connectivity index (χ1) is 47.8. The zero-order valence-electron chi connectivity index (χ0n) is 55.4. The van der Waals surface area contributed by atoms with Gasteiger partial charge in [-0.05, 0) is 121 Å². The molecule has 0 unspecified atom stereocenters. The van der Waals surface area contributed by atoms with Gasteiger partial charge in [-0.1, -0.05) is 36.4 Å². The van der Waals surface area contributed by atoms with Crippen molar-refractivity contribution in [3.8, 4) is 5.75 Å². The molecule has 2 aromatic heterocycles. The van der Waals surface area contributed by atoms with Crippen LogP contribution in [0.5, 0.6) is 5.75 Å². The Morgan fingerprint density at radius 2 is 1.37 bits per heavy atom. The predicted octanol–water partition coefficient (Wildman–Crippen LogP) is 5.05. The summed E-state index contributed by atoms with van der Waals surface area (Å²) in [5.41, 5.74) is 8.73. The number of nitrogens with two attached hydrogens (primary N) is 1. The molecular weight excluding hydrogens is 1330 g/mol. The van der Waals surface area contributed by atoms with Crippen molar-refractivity contribution >= 4 is 116 Å². The fraction of sp³-hybridized carbons (Fsp3) is 0.408. The Morgan fingerprint density at radius 1 is 0.740 bits per heavy atom. The molecule has 12 N–H and O–H groups in total. The lowest BCUT2D eigenvalue weighted by molar-refractivity contribution is -0.147. The summed E-state index contributed by atoms with van der Waals surface area (Å²) in [7, 11) is 1.34. The maximum absolute atomic E-state index is 15.2. The summed E-state index contributed by atoms with van der Waals surface area (Å²) in [6.45, 7) is 2.47. The molecular formula is C71H81F2N11O14S2. The Kier molecular flexibility index (Phi) is 25.6. The average molecular weight is 1410 g/mol.